The molecule has 2 heterocycles. The predicted octanol–water partition coefficient (Wildman–Crippen LogP) is 2.21. The van der Waals surface area contributed by atoms with E-state index in [1.807, 2.05) is 13.0 Å². The molecular formula is C15H26N4O. The first kappa shape index (κ1) is 15.0. The summed E-state index contributed by atoms with van der Waals surface area (Å²) in [5, 5.41) is 13.5. The Balaban J connectivity index is 2.20. The molecule has 1 fully saturated rings. The third kappa shape index (κ3) is 3.82. The third-order valence-electron chi connectivity index (χ3n) is 3.82. The van der Waals surface area contributed by atoms with Gasteiger partial charge in [-0.15, -0.1) is 0 Å². The number of aromatic nitrogens is 2. The van der Waals surface area contributed by atoms with Crippen molar-refractivity contribution in [2.45, 2.75) is 52.1 Å². The molecule has 0 aliphatic carbocycles. The van der Waals surface area contributed by atoms with Crippen LogP contribution in [0.5, 0.6) is 0 Å². The minimum atomic E-state index is -0.542. The molecule has 1 aliphatic rings. The molecule has 20 heavy (non-hydrogen) atoms. The van der Waals surface area contributed by atoms with Crippen LogP contribution in [0.25, 0.3) is 0 Å². The molecule has 1 aromatic rings. The lowest BCUT2D eigenvalue weighted by Gasteiger charge is -2.24. The van der Waals surface area contributed by atoms with E-state index in [1.165, 1.54) is 0 Å². The molecule has 0 spiro atoms. The highest BCUT2D eigenvalue weighted by Crippen LogP contribution is 2.25. The number of hydrogen-bond acceptors (Lipinski definition) is 5. The number of aryl methyl sites for hydroxylation is 1. The monoisotopic (exact) mass is 278 g/mol. The minimum absolute atomic E-state index is 0.542. The highest BCUT2D eigenvalue weighted by atomic mass is 16.3. The summed E-state index contributed by atoms with van der Waals surface area (Å²) in [5.74, 6) is 2.74. The standard InChI is InChI=1S/C15H26N4O/c1-4-12-17-13(16-5-2)11-14(18-12)19-9-6-7-15(3,20)8-10-19/h11,20H,4-10H2,1-3H3,(H,16,17,18). The second kappa shape index (κ2) is 6.39. The molecule has 2 rings (SSSR count). The molecule has 5 nitrogen and oxygen atoms in total. The lowest BCUT2D eigenvalue weighted by atomic mass is 9.98. The first-order chi connectivity index (χ1) is 9.54. The SMILES string of the molecule is CCNc1cc(N2CCCC(C)(O)CC2)nc(CC)n1. The van der Waals surface area contributed by atoms with Gasteiger partial charge in [-0.05, 0) is 33.1 Å². The van der Waals surface area contributed by atoms with E-state index in [0.29, 0.717) is 0 Å². The average Bonchev–Trinajstić information content (AvgIpc) is 2.59. The zero-order valence-electron chi connectivity index (χ0n) is 12.8. The molecule has 5 heteroatoms. The van der Waals surface area contributed by atoms with E-state index in [2.05, 4.69) is 34.0 Å². The molecule has 1 aliphatic heterocycles. The number of anilines is 2. The number of hydrogen-bond donors (Lipinski definition) is 2. The molecule has 0 bridgehead atoms. The van der Waals surface area contributed by atoms with Crippen LogP contribution in [0.1, 0.15) is 45.9 Å². The molecule has 2 N–H and O–H groups in total. The topological polar surface area (TPSA) is 61.3 Å². The van der Waals surface area contributed by atoms with Gasteiger partial charge >= 0.3 is 0 Å². The van der Waals surface area contributed by atoms with E-state index in [9.17, 15) is 5.11 Å². The zero-order valence-corrected chi connectivity index (χ0v) is 12.8. The van der Waals surface area contributed by atoms with Gasteiger partial charge in [0.15, 0.2) is 0 Å². The van der Waals surface area contributed by atoms with Crippen molar-refractivity contribution < 1.29 is 5.11 Å². The van der Waals surface area contributed by atoms with Crippen LogP contribution in [0.15, 0.2) is 6.07 Å². The van der Waals surface area contributed by atoms with Crippen molar-refractivity contribution >= 4 is 11.6 Å². The van der Waals surface area contributed by atoms with Gasteiger partial charge in [0.1, 0.15) is 17.5 Å². The molecule has 0 radical (unpaired) electrons. The average molecular weight is 278 g/mol. The van der Waals surface area contributed by atoms with Crippen molar-refractivity contribution in [2.24, 2.45) is 0 Å². The minimum Gasteiger partial charge on any atom is -0.390 e. The summed E-state index contributed by atoms with van der Waals surface area (Å²) in [6.45, 7) is 8.71. The van der Waals surface area contributed by atoms with Crippen molar-refractivity contribution in [3.63, 3.8) is 0 Å². The van der Waals surface area contributed by atoms with Gasteiger partial charge in [0.2, 0.25) is 0 Å². The Labute approximate surface area is 121 Å². The van der Waals surface area contributed by atoms with Crippen molar-refractivity contribution in [3.05, 3.63) is 11.9 Å². The van der Waals surface area contributed by atoms with Gasteiger partial charge in [-0.1, -0.05) is 6.92 Å². The normalized spacial score (nSPS) is 23.5. The quantitative estimate of drug-likeness (QED) is 0.884. The Morgan fingerprint density at radius 2 is 2.10 bits per heavy atom. The Kier molecular flexibility index (Phi) is 4.81. The van der Waals surface area contributed by atoms with Crippen molar-refractivity contribution in [3.8, 4) is 0 Å². The van der Waals surface area contributed by atoms with Gasteiger partial charge < -0.3 is 15.3 Å². The fourth-order valence-electron chi connectivity index (χ4n) is 2.57. The molecule has 1 unspecified atom stereocenters. The van der Waals surface area contributed by atoms with Gasteiger partial charge in [0.25, 0.3) is 0 Å². The van der Waals surface area contributed by atoms with Crippen molar-refractivity contribution in [2.75, 3.05) is 29.9 Å². The van der Waals surface area contributed by atoms with E-state index >= 15 is 0 Å². The summed E-state index contributed by atoms with van der Waals surface area (Å²) < 4.78 is 0. The highest BCUT2D eigenvalue weighted by molar-refractivity contribution is 5.49. The zero-order chi connectivity index (χ0) is 14.6. The summed E-state index contributed by atoms with van der Waals surface area (Å²) in [5.41, 5.74) is -0.542. The van der Waals surface area contributed by atoms with Gasteiger partial charge in [0.05, 0.1) is 5.60 Å². The van der Waals surface area contributed by atoms with Gasteiger partial charge in [-0.3, -0.25) is 0 Å². The Morgan fingerprint density at radius 3 is 2.80 bits per heavy atom. The second-order valence-electron chi connectivity index (χ2n) is 5.75. The first-order valence-electron chi connectivity index (χ1n) is 7.63. The van der Waals surface area contributed by atoms with E-state index in [1.54, 1.807) is 0 Å². The maximum atomic E-state index is 10.2. The molecule has 0 saturated carbocycles. The maximum Gasteiger partial charge on any atom is 0.134 e. The Hall–Kier alpha value is -1.36. The van der Waals surface area contributed by atoms with Crippen LogP contribution in [0.2, 0.25) is 0 Å². The van der Waals surface area contributed by atoms with Crippen LogP contribution in [-0.2, 0) is 6.42 Å². The lowest BCUT2D eigenvalue weighted by Crippen LogP contribution is -2.29. The van der Waals surface area contributed by atoms with Crippen LogP contribution in [0.4, 0.5) is 11.6 Å². The number of nitrogens with zero attached hydrogens (tertiary/aromatic N) is 3. The largest absolute Gasteiger partial charge is 0.390 e. The Bertz CT molecular complexity index is 447. The fraction of sp³-hybridized carbons (Fsp3) is 0.733. The van der Waals surface area contributed by atoms with Gasteiger partial charge in [0, 0.05) is 32.1 Å². The van der Waals surface area contributed by atoms with Gasteiger partial charge in [-0.2, -0.15) is 0 Å². The highest BCUT2D eigenvalue weighted by Gasteiger charge is 2.25. The van der Waals surface area contributed by atoms with Crippen LogP contribution in [0.3, 0.4) is 0 Å². The maximum absolute atomic E-state index is 10.2. The van der Waals surface area contributed by atoms with E-state index in [4.69, 9.17) is 0 Å². The predicted molar refractivity (Wildman–Crippen MR) is 82.3 cm³/mol. The number of nitrogens with one attached hydrogen (secondary N) is 1. The molecule has 0 aromatic carbocycles. The van der Waals surface area contributed by atoms with Crippen molar-refractivity contribution in [1.29, 1.82) is 0 Å². The van der Waals surface area contributed by atoms with Crippen LogP contribution in [0, 0.1) is 0 Å². The summed E-state index contributed by atoms with van der Waals surface area (Å²) in [7, 11) is 0. The molecule has 112 valence electrons. The summed E-state index contributed by atoms with van der Waals surface area (Å²) in [6, 6.07) is 2.02. The van der Waals surface area contributed by atoms with Crippen LogP contribution in [-0.4, -0.2) is 40.3 Å². The molecule has 1 aromatic heterocycles. The van der Waals surface area contributed by atoms with Gasteiger partial charge in [-0.25, -0.2) is 9.97 Å². The molecular weight excluding hydrogens is 252 g/mol. The summed E-state index contributed by atoms with van der Waals surface area (Å²) in [6.07, 6.45) is 3.47. The van der Waals surface area contributed by atoms with E-state index < -0.39 is 5.60 Å². The smallest absolute Gasteiger partial charge is 0.134 e. The van der Waals surface area contributed by atoms with E-state index in [-0.39, 0.29) is 0 Å². The summed E-state index contributed by atoms with van der Waals surface area (Å²) >= 11 is 0. The molecule has 0 amide bonds. The molecule has 1 saturated heterocycles. The number of rotatable bonds is 4. The van der Waals surface area contributed by atoms with E-state index in [0.717, 1.165) is 62.8 Å². The van der Waals surface area contributed by atoms with Crippen LogP contribution >= 0.6 is 0 Å². The number of aliphatic hydroxyl groups is 1. The second-order valence-corrected chi connectivity index (χ2v) is 5.75. The van der Waals surface area contributed by atoms with Crippen LogP contribution < -0.4 is 10.2 Å². The summed E-state index contributed by atoms with van der Waals surface area (Å²) in [4.78, 5) is 11.4. The van der Waals surface area contributed by atoms with Crippen molar-refractivity contribution in [1.82, 2.24) is 9.97 Å². The lowest BCUT2D eigenvalue weighted by molar-refractivity contribution is 0.0481. The fourth-order valence-corrected chi connectivity index (χ4v) is 2.57. The third-order valence-corrected chi connectivity index (χ3v) is 3.82. The first-order valence-corrected chi connectivity index (χ1v) is 7.63. The Morgan fingerprint density at radius 1 is 1.30 bits per heavy atom. The molecule has 1 atom stereocenters.